The van der Waals surface area contributed by atoms with Crippen LogP contribution in [-0.4, -0.2) is 6.71 Å². The fraction of sp³-hybridized carbons (Fsp3) is 0.360. The summed E-state index contributed by atoms with van der Waals surface area (Å²) in [5, 5.41) is 2.72. The summed E-state index contributed by atoms with van der Waals surface area (Å²) in [5.74, 6) is 0. The van der Waals surface area contributed by atoms with Crippen molar-refractivity contribution in [2.24, 2.45) is 0 Å². The highest BCUT2D eigenvalue weighted by molar-refractivity contribution is 7.26. The number of hydrogen-bond acceptors (Lipinski definition) is 3. The fourth-order valence-corrected chi connectivity index (χ4v) is 10.9. The van der Waals surface area contributed by atoms with Crippen molar-refractivity contribution in [2.75, 3.05) is 9.80 Å². The molecule has 3 aliphatic rings. The molecule has 0 unspecified atom stereocenters. The highest BCUT2D eigenvalue weighted by Crippen LogP contribution is 2.52. The Morgan fingerprint density at radius 2 is 1.19 bits per heavy atom. The van der Waals surface area contributed by atoms with Crippen LogP contribution in [-0.2, 0) is 21.7 Å². The molecule has 54 heavy (non-hydrogen) atoms. The molecule has 0 atom stereocenters. The lowest BCUT2D eigenvalue weighted by Gasteiger charge is -2.47. The Hall–Kier alpha value is -4.28. The standard InChI is InChI=1S/C50H55BN2S/c1-30-25-41-45-42(26-30)53(39-22-19-33(27-31(39)2)48(6,7)8)46-44(35-15-13-14-16-43(35)54-46)51(45)38-28-36-37(50(11,12)24-23-49(36,9)10)29-40(38)52(41)34-20-17-32(18-21-34)47(3,4)5/h13-22,25-29H,23-24H2,1-12H3. The van der Waals surface area contributed by atoms with Crippen molar-refractivity contribution in [2.45, 2.75) is 118 Å². The van der Waals surface area contributed by atoms with E-state index in [1.54, 1.807) is 0 Å². The molecular weight excluding hydrogens is 671 g/mol. The van der Waals surface area contributed by atoms with Crippen LogP contribution in [0.1, 0.15) is 115 Å². The van der Waals surface area contributed by atoms with E-state index in [-0.39, 0.29) is 28.4 Å². The van der Waals surface area contributed by atoms with Crippen LogP contribution in [0.25, 0.3) is 10.1 Å². The van der Waals surface area contributed by atoms with Gasteiger partial charge in [-0.2, -0.15) is 0 Å². The number of anilines is 6. The molecule has 0 fully saturated rings. The van der Waals surface area contributed by atoms with Crippen LogP contribution in [0.5, 0.6) is 0 Å². The third kappa shape index (κ3) is 5.26. The van der Waals surface area contributed by atoms with Crippen molar-refractivity contribution in [1.82, 2.24) is 0 Å². The zero-order chi connectivity index (χ0) is 38.3. The van der Waals surface area contributed by atoms with Gasteiger partial charge in [0.2, 0.25) is 0 Å². The van der Waals surface area contributed by atoms with Gasteiger partial charge < -0.3 is 9.80 Å². The predicted molar refractivity (Wildman–Crippen MR) is 238 cm³/mol. The van der Waals surface area contributed by atoms with Gasteiger partial charge in [-0.25, -0.2) is 0 Å². The van der Waals surface area contributed by atoms with Crippen molar-refractivity contribution < 1.29 is 0 Å². The van der Waals surface area contributed by atoms with Gasteiger partial charge in [-0.1, -0.05) is 118 Å². The van der Waals surface area contributed by atoms with Gasteiger partial charge >= 0.3 is 0 Å². The van der Waals surface area contributed by atoms with Crippen molar-refractivity contribution in [3.05, 3.63) is 124 Å². The normalized spacial score (nSPS) is 16.9. The Morgan fingerprint density at radius 1 is 0.593 bits per heavy atom. The molecule has 0 amide bonds. The van der Waals surface area contributed by atoms with Crippen LogP contribution in [0.15, 0.2) is 91.0 Å². The van der Waals surface area contributed by atoms with Gasteiger partial charge in [0.15, 0.2) is 0 Å². The second-order valence-corrected chi connectivity index (χ2v) is 20.9. The molecular formula is C50H55BN2S. The topological polar surface area (TPSA) is 6.48 Å². The third-order valence-corrected chi connectivity index (χ3v) is 14.2. The van der Waals surface area contributed by atoms with E-state index in [1.807, 2.05) is 11.3 Å². The summed E-state index contributed by atoms with van der Waals surface area (Å²) in [6.07, 6.45) is 2.39. The van der Waals surface area contributed by atoms with Crippen molar-refractivity contribution >= 4 is 78.0 Å². The van der Waals surface area contributed by atoms with Crippen LogP contribution in [0, 0.1) is 13.8 Å². The summed E-state index contributed by atoms with van der Waals surface area (Å²) in [5.41, 5.74) is 19.4. The average Bonchev–Trinajstić information content (AvgIpc) is 3.48. The van der Waals surface area contributed by atoms with Gasteiger partial charge in [-0.15, -0.1) is 11.3 Å². The molecule has 0 N–H and O–H groups in total. The molecule has 9 rings (SSSR count). The van der Waals surface area contributed by atoms with E-state index in [4.69, 9.17) is 0 Å². The molecule has 0 saturated heterocycles. The first-order chi connectivity index (χ1) is 25.3. The lowest BCUT2D eigenvalue weighted by Crippen LogP contribution is -2.61. The number of nitrogens with zero attached hydrogens (tertiary/aromatic N) is 2. The summed E-state index contributed by atoms with van der Waals surface area (Å²) in [7, 11) is 0. The van der Waals surface area contributed by atoms with E-state index in [0.717, 1.165) is 0 Å². The Balaban J connectivity index is 1.40. The number of thiophene rings is 1. The number of hydrogen-bond donors (Lipinski definition) is 0. The van der Waals surface area contributed by atoms with Crippen molar-refractivity contribution in [1.29, 1.82) is 0 Å². The first kappa shape index (κ1) is 35.4. The molecule has 274 valence electrons. The Kier molecular flexibility index (Phi) is 7.62. The highest BCUT2D eigenvalue weighted by Gasteiger charge is 2.48. The van der Waals surface area contributed by atoms with Crippen LogP contribution in [0.2, 0.25) is 0 Å². The quantitative estimate of drug-likeness (QED) is 0.164. The molecule has 0 spiro atoms. The Bertz CT molecular complexity index is 2500. The maximum atomic E-state index is 2.66. The monoisotopic (exact) mass is 726 g/mol. The lowest BCUT2D eigenvalue weighted by molar-refractivity contribution is 0.332. The Morgan fingerprint density at radius 3 is 1.81 bits per heavy atom. The largest absolute Gasteiger partial charge is 0.311 e. The first-order valence-corrected chi connectivity index (χ1v) is 20.8. The number of aryl methyl sites for hydroxylation is 2. The van der Waals surface area contributed by atoms with E-state index >= 15 is 0 Å². The van der Waals surface area contributed by atoms with Crippen LogP contribution in [0.4, 0.5) is 33.4 Å². The molecule has 2 aliphatic heterocycles. The van der Waals surface area contributed by atoms with E-state index < -0.39 is 0 Å². The molecule has 4 heteroatoms. The minimum Gasteiger partial charge on any atom is -0.311 e. The van der Waals surface area contributed by atoms with Crippen LogP contribution in [0.3, 0.4) is 0 Å². The highest BCUT2D eigenvalue weighted by atomic mass is 32.1. The second kappa shape index (κ2) is 11.6. The van der Waals surface area contributed by atoms with E-state index in [9.17, 15) is 0 Å². The van der Waals surface area contributed by atoms with E-state index in [2.05, 4.69) is 184 Å². The average molecular weight is 727 g/mol. The van der Waals surface area contributed by atoms with Gasteiger partial charge in [-0.3, -0.25) is 0 Å². The van der Waals surface area contributed by atoms with Crippen LogP contribution >= 0.6 is 11.3 Å². The zero-order valence-corrected chi connectivity index (χ0v) is 35.3. The zero-order valence-electron chi connectivity index (χ0n) is 34.5. The molecule has 0 bridgehead atoms. The van der Waals surface area contributed by atoms with Gasteiger partial charge in [0.05, 0.1) is 5.00 Å². The summed E-state index contributed by atoms with van der Waals surface area (Å²) in [6.45, 7) is 28.4. The fourth-order valence-electron chi connectivity index (χ4n) is 9.66. The summed E-state index contributed by atoms with van der Waals surface area (Å²) in [6, 6.07) is 36.0. The van der Waals surface area contributed by atoms with E-state index in [0.29, 0.717) is 0 Å². The SMILES string of the molecule is Cc1cc2c3c(c1)N(c1ccc(C(C)(C)C)cc1C)c1sc4ccccc4c1B3c1cc3c(cc1N2c1ccc(C(C)(C)C)cc1)C(C)(C)CCC3(C)C. The number of rotatable bonds is 2. The van der Waals surface area contributed by atoms with Gasteiger partial charge in [-0.05, 0) is 146 Å². The third-order valence-electron chi connectivity index (χ3n) is 13.0. The van der Waals surface area contributed by atoms with Crippen LogP contribution < -0.4 is 26.2 Å². The molecule has 0 radical (unpaired) electrons. The molecule has 0 saturated carbocycles. The maximum Gasteiger partial charge on any atom is 0.254 e. The summed E-state index contributed by atoms with van der Waals surface area (Å²) >= 11 is 1.96. The number of fused-ring (bicyclic) bond motifs is 7. The van der Waals surface area contributed by atoms with Gasteiger partial charge in [0.25, 0.3) is 6.71 Å². The molecule has 2 nitrogen and oxygen atoms in total. The first-order valence-electron chi connectivity index (χ1n) is 20.0. The summed E-state index contributed by atoms with van der Waals surface area (Å²) < 4.78 is 1.35. The molecule has 1 aromatic heterocycles. The minimum absolute atomic E-state index is 0.0792. The predicted octanol–water partition coefficient (Wildman–Crippen LogP) is 12.5. The molecule has 6 aromatic rings. The van der Waals surface area contributed by atoms with Gasteiger partial charge in [0.1, 0.15) is 0 Å². The molecule has 5 aromatic carbocycles. The van der Waals surface area contributed by atoms with Crippen molar-refractivity contribution in [3.8, 4) is 0 Å². The smallest absolute Gasteiger partial charge is 0.254 e. The lowest BCUT2D eigenvalue weighted by atomic mass is 9.33. The van der Waals surface area contributed by atoms with E-state index in [1.165, 1.54) is 106 Å². The minimum atomic E-state index is 0.0792. The second-order valence-electron chi connectivity index (χ2n) is 19.9. The van der Waals surface area contributed by atoms with Crippen molar-refractivity contribution in [3.63, 3.8) is 0 Å². The summed E-state index contributed by atoms with van der Waals surface area (Å²) in [4.78, 5) is 5.25. The molecule has 1 aliphatic carbocycles. The number of benzene rings is 5. The maximum absolute atomic E-state index is 2.66. The molecule has 3 heterocycles. The van der Waals surface area contributed by atoms with Gasteiger partial charge in [0, 0.05) is 33.1 Å². The Labute approximate surface area is 328 Å².